The van der Waals surface area contributed by atoms with Crippen LogP contribution in [0.15, 0.2) is 41.8 Å². The molecule has 0 aliphatic rings. The smallest absolute Gasteiger partial charge is 0.372 e. The zero-order valence-corrected chi connectivity index (χ0v) is 13.6. The van der Waals surface area contributed by atoms with Gasteiger partial charge in [-0.3, -0.25) is 0 Å². The molecule has 1 aromatic carbocycles. The van der Waals surface area contributed by atoms with Gasteiger partial charge < -0.3 is 15.3 Å². The Morgan fingerprint density at radius 2 is 2.04 bits per heavy atom. The first-order chi connectivity index (χ1) is 11.0. The van der Waals surface area contributed by atoms with Gasteiger partial charge in [-0.1, -0.05) is 16.8 Å². The van der Waals surface area contributed by atoms with Gasteiger partial charge >= 0.3 is 5.97 Å². The van der Waals surface area contributed by atoms with E-state index < -0.39 is 5.97 Å². The van der Waals surface area contributed by atoms with Crippen LogP contribution in [0.1, 0.15) is 16.7 Å². The van der Waals surface area contributed by atoms with Crippen molar-refractivity contribution in [3.05, 3.63) is 58.4 Å². The number of pyridine rings is 1. The summed E-state index contributed by atoms with van der Waals surface area (Å²) in [6.07, 6.45) is 3.37. The standard InChI is InChI=1S/C16H16ClN3O3/c1-10-6-13(7-11(2)15(10)17)22-9-14(21)23-20-16(18)12-4-3-5-19-8-12/h3-8H,9H2,1-2H3,(H2,18,20)/p+1. The Labute approximate surface area is 138 Å². The molecular formula is C16H17ClN3O3+. The number of nitrogens with one attached hydrogen (secondary N) is 1. The second-order valence-corrected chi connectivity index (χ2v) is 5.27. The van der Waals surface area contributed by atoms with Crippen LogP contribution in [0.4, 0.5) is 0 Å². The minimum absolute atomic E-state index is 0.0911. The second-order valence-electron chi connectivity index (χ2n) is 4.89. The minimum Gasteiger partial charge on any atom is -0.482 e. The molecule has 0 bridgehead atoms. The highest BCUT2D eigenvalue weighted by atomic mass is 35.5. The molecule has 2 aromatic rings. The quantitative estimate of drug-likeness (QED) is 0.392. The van der Waals surface area contributed by atoms with Crippen LogP contribution in [0.3, 0.4) is 0 Å². The Hall–Kier alpha value is -2.60. The third kappa shape index (κ3) is 4.69. The summed E-state index contributed by atoms with van der Waals surface area (Å²) in [5.74, 6) is -0.0255. The molecule has 2 rings (SSSR count). The molecule has 0 fully saturated rings. The van der Waals surface area contributed by atoms with Crippen LogP contribution in [-0.2, 0) is 9.63 Å². The van der Waals surface area contributed by atoms with Crippen molar-refractivity contribution >= 4 is 23.4 Å². The molecule has 0 amide bonds. The van der Waals surface area contributed by atoms with Crippen molar-refractivity contribution in [3.63, 3.8) is 0 Å². The van der Waals surface area contributed by atoms with Gasteiger partial charge in [-0.15, -0.1) is 0 Å². The van der Waals surface area contributed by atoms with E-state index in [4.69, 9.17) is 26.9 Å². The highest BCUT2D eigenvalue weighted by Gasteiger charge is 2.09. The molecule has 0 saturated heterocycles. The van der Waals surface area contributed by atoms with Crippen molar-refractivity contribution in [2.45, 2.75) is 13.8 Å². The number of H-pyrrole nitrogens is 1. The van der Waals surface area contributed by atoms with Crippen molar-refractivity contribution in [2.24, 2.45) is 10.9 Å². The lowest BCUT2D eigenvalue weighted by atomic mass is 10.1. The molecule has 0 aliphatic carbocycles. The minimum atomic E-state index is -0.655. The molecule has 0 spiro atoms. The van der Waals surface area contributed by atoms with Crippen molar-refractivity contribution in [3.8, 4) is 5.75 Å². The highest BCUT2D eigenvalue weighted by Crippen LogP contribution is 2.25. The number of amidine groups is 1. The van der Waals surface area contributed by atoms with Crippen molar-refractivity contribution < 1.29 is 19.4 Å². The van der Waals surface area contributed by atoms with Crippen LogP contribution < -0.4 is 15.5 Å². The first kappa shape index (κ1) is 16.8. The number of hydrogen-bond donors (Lipinski definition) is 1. The molecule has 120 valence electrons. The van der Waals surface area contributed by atoms with Gasteiger partial charge in [0.2, 0.25) is 0 Å². The molecule has 0 unspecified atom stereocenters. The maximum absolute atomic E-state index is 11.6. The number of hydrogen-bond acceptors (Lipinski definition) is 4. The molecule has 1 heterocycles. The van der Waals surface area contributed by atoms with Gasteiger partial charge in [0.05, 0.1) is 5.56 Å². The van der Waals surface area contributed by atoms with E-state index in [-0.39, 0.29) is 12.4 Å². The first-order valence-corrected chi connectivity index (χ1v) is 7.24. The van der Waals surface area contributed by atoms with Crippen LogP contribution in [0, 0.1) is 13.8 Å². The maximum atomic E-state index is 11.6. The number of ether oxygens (including phenoxy) is 1. The van der Waals surface area contributed by atoms with Gasteiger partial charge in [-0.2, -0.15) is 0 Å². The molecule has 0 aliphatic heterocycles. The van der Waals surface area contributed by atoms with E-state index >= 15 is 0 Å². The van der Waals surface area contributed by atoms with Gasteiger partial charge in [0.25, 0.3) is 0 Å². The number of nitrogens with zero attached hydrogens (tertiary/aromatic N) is 1. The van der Waals surface area contributed by atoms with E-state index in [0.29, 0.717) is 16.3 Å². The summed E-state index contributed by atoms with van der Waals surface area (Å²) in [5, 5.41) is 4.26. The van der Waals surface area contributed by atoms with Crippen molar-refractivity contribution in [1.29, 1.82) is 0 Å². The average molecular weight is 335 g/mol. The fourth-order valence-corrected chi connectivity index (χ4v) is 1.97. The normalized spacial score (nSPS) is 11.2. The van der Waals surface area contributed by atoms with Gasteiger partial charge in [0.1, 0.15) is 5.75 Å². The first-order valence-electron chi connectivity index (χ1n) is 6.86. The molecule has 0 saturated carbocycles. The maximum Gasteiger partial charge on any atom is 0.372 e. The van der Waals surface area contributed by atoms with Gasteiger partial charge in [0.15, 0.2) is 24.8 Å². The third-order valence-corrected chi connectivity index (χ3v) is 3.61. The van der Waals surface area contributed by atoms with Crippen molar-refractivity contribution in [2.75, 3.05) is 6.61 Å². The number of aromatic amines is 1. The fraction of sp³-hybridized carbons (Fsp3) is 0.188. The predicted molar refractivity (Wildman–Crippen MR) is 86.2 cm³/mol. The van der Waals surface area contributed by atoms with Crippen LogP contribution in [0.2, 0.25) is 5.02 Å². The third-order valence-electron chi connectivity index (χ3n) is 3.02. The number of aromatic nitrogens is 1. The number of benzene rings is 1. The van der Waals surface area contributed by atoms with E-state index in [2.05, 4.69) is 10.1 Å². The average Bonchev–Trinajstić information content (AvgIpc) is 2.56. The van der Waals surface area contributed by atoms with E-state index in [1.807, 2.05) is 13.8 Å². The number of oxime groups is 1. The summed E-state index contributed by atoms with van der Waals surface area (Å²) in [4.78, 5) is 19.2. The molecule has 7 heteroatoms. The lowest BCUT2D eigenvalue weighted by Crippen LogP contribution is -2.19. The number of carbonyl (C=O) groups is 1. The summed E-state index contributed by atoms with van der Waals surface area (Å²) in [6, 6.07) is 6.99. The Morgan fingerprint density at radius 3 is 2.65 bits per heavy atom. The number of nitrogens with two attached hydrogens (primary N) is 1. The van der Waals surface area contributed by atoms with Crippen LogP contribution in [-0.4, -0.2) is 18.4 Å². The zero-order valence-electron chi connectivity index (χ0n) is 12.8. The molecule has 3 N–H and O–H groups in total. The Morgan fingerprint density at radius 1 is 1.35 bits per heavy atom. The number of aryl methyl sites for hydroxylation is 2. The van der Waals surface area contributed by atoms with E-state index in [0.717, 1.165) is 11.1 Å². The number of halogens is 1. The van der Waals surface area contributed by atoms with E-state index in [1.165, 1.54) is 0 Å². The fourth-order valence-electron chi connectivity index (χ4n) is 1.86. The summed E-state index contributed by atoms with van der Waals surface area (Å²) < 4.78 is 5.37. The summed E-state index contributed by atoms with van der Waals surface area (Å²) >= 11 is 6.07. The summed E-state index contributed by atoms with van der Waals surface area (Å²) in [6.45, 7) is 3.45. The predicted octanol–water partition coefficient (Wildman–Crippen LogP) is 2.01. The molecule has 6 nitrogen and oxygen atoms in total. The van der Waals surface area contributed by atoms with Crippen LogP contribution in [0.5, 0.6) is 5.75 Å². The van der Waals surface area contributed by atoms with E-state index in [1.54, 1.807) is 36.7 Å². The Bertz CT molecular complexity index is 710. The van der Waals surface area contributed by atoms with Crippen LogP contribution >= 0.6 is 11.6 Å². The van der Waals surface area contributed by atoms with Crippen molar-refractivity contribution in [1.82, 2.24) is 0 Å². The Balaban J connectivity index is 1.91. The molecule has 0 radical (unpaired) electrons. The largest absolute Gasteiger partial charge is 0.482 e. The molecule has 1 aromatic heterocycles. The highest BCUT2D eigenvalue weighted by molar-refractivity contribution is 6.32. The molecular weight excluding hydrogens is 318 g/mol. The van der Waals surface area contributed by atoms with Gasteiger partial charge in [-0.25, -0.2) is 9.78 Å². The zero-order chi connectivity index (χ0) is 16.8. The number of carbonyl (C=O) groups excluding carboxylic acids is 1. The lowest BCUT2D eigenvalue weighted by Gasteiger charge is -2.08. The summed E-state index contributed by atoms with van der Waals surface area (Å²) in [7, 11) is 0. The number of rotatable bonds is 5. The Kier molecular flexibility index (Phi) is 5.54. The molecule has 0 atom stereocenters. The van der Waals surface area contributed by atoms with E-state index in [9.17, 15) is 4.79 Å². The second kappa shape index (κ2) is 7.60. The van der Waals surface area contributed by atoms with Crippen LogP contribution in [0.25, 0.3) is 0 Å². The SMILES string of the molecule is Cc1cc(OCC(=O)ON=C(N)c2ccc[nH+]c2)cc(C)c1Cl. The topological polar surface area (TPSA) is 88.0 Å². The van der Waals surface area contributed by atoms with Gasteiger partial charge in [0, 0.05) is 11.1 Å². The lowest BCUT2D eigenvalue weighted by molar-refractivity contribution is -0.378. The van der Waals surface area contributed by atoms with Gasteiger partial charge in [-0.05, 0) is 43.2 Å². The monoisotopic (exact) mass is 334 g/mol. The molecule has 23 heavy (non-hydrogen) atoms. The summed E-state index contributed by atoms with van der Waals surface area (Å²) in [5.41, 5.74) is 8.07.